The third-order valence-electron chi connectivity index (χ3n) is 3.69. The van der Waals surface area contributed by atoms with Crippen molar-refractivity contribution in [3.8, 4) is 0 Å². The second kappa shape index (κ2) is 7.40. The molecule has 0 N–H and O–H groups in total. The van der Waals surface area contributed by atoms with E-state index in [1.54, 1.807) is 18.5 Å². The highest BCUT2D eigenvalue weighted by atomic mass is 16.3. The number of rotatable bonds is 6. The second-order valence-electron chi connectivity index (χ2n) is 5.33. The van der Waals surface area contributed by atoms with Crippen LogP contribution in [-0.4, -0.2) is 22.3 Å². The van der Waals surface area contributed by atoms with E-state index in [0.29, 0.717) is 18.7 Å². The lowest BCUT2D eigenvalue weighted by molar-refractivity contribution is 0.0744. The number of carbonyl (C=O) groups is 1. The molecule has 2 aromatic heterocycles. The number of furan rings is 1. The smallest absolute Gasteiger partial charge is 0.257 e. The van der Waals surface area contributed by atoms with E-state index in [1.165, 1.54) is 18.1 Å². The number of aromatic nitrogens is 1. The van der Waals surface area contributed by atoms with Crippen molar-refractivity contribution >= 4 is 5.91 Å². The maximum absolute atomic E-state index is 12.7. The minimum absolute atomic E-state index is 0.0218. The van der Waals surface area contributed by atoms with Crippen LogP contribution in [0.25, 0.3) is 0 Å². The highest BCUT2D eigenvalue weighted by Crippen LogP contribution is 2.12. The molecule has 116 valence electrons. The maximum atomic E-state index is 12.7. The maximum Gasteiger partial charge on any atom is 0.257 e. The summed E-state index contributed by atoms with van der Waals surface area (Å²) in [6, 6.07) is 15.7. The van der Waals surface area contributed by atoms with Crippen LogP contribution >= 0.6 is 0 Å². The predicted octanol–water partition coefficient (Wildman–Crippen LogP) is 3.56. The monoisotopic (exact) mass is 306 g/mol. The van der Waals surface area contributed by atoms with Crippen LogP contribution in [0, 0.1) is 0 Å². The van der Waals surface area contributed by atoms with Crippen molar-refractivity contribution in [2.75, 3.05) is 6.54 Å². The summed E-state index contributed by atoms with van der Waals surface area (Å²) in [7, 11) is 0. The normalized spacial score (nSPS) is 10.4. The SMILES string of the molecule is O=C(c1ccoc1)N(CCc1ccccc1)Cc1ccncc1. The second-order valence-corrected chi connectivity index (χ2v) is 5.33. The third-order valence-corrected chi connectivity index (χ3v) is 3.69. The Morgan fingerprint density at radius 1 is 1.00 bits per heavy atom. The van der Waals surface area contributed by atoms with Crippen LogP contribution < -0.4 is 0 Å². The summed E-state index contributed by atoms with van der Waals surface area (Å²) in [4.78, 5) is 18.5. The molecule has 0 bridgehead atoms. The Morgan fingerprint density at radius 2 is 1.78 bits per heavy atom. The Morgan fingerprint density at radius 3 is 2.48 bits per heavy atom. The van der Waals surface area contributed by atoms with E-state index in [1.807, 2.05) is 35.2 Å². The number of nitrogens with zero attached hydrogens (tertiary/aromatic N) is 2. The predicted molar refractivity (Wildman–Crippen MR) is 87.8 cm³/mol. The van der Waals surface area contributed by atoms with Gasteiger partial charge in [-0.1, -0.05) is 30.3 Å². The third kappa shape index (κ3) is 4.07. The lowest BCUT2D eigenvalue weighted by Crippen LogP contribution is -2.32. The van der Waals surface area contributed by atoms with Crippen LogP contribution in [0.2, 0.25) is 0 Å². The molecule has 0 fully saturated rings. The molecule has 1 aromatic carbocycles. The Balaban J connectivity index is 1.74. The summed E-state index contributed by atoms with van der Waals surface area (Å²) in [5.41, 5.74) is 2.85. The minimum atomic E-state index is -0.0218. The molecule has 4 heteroatoms. The number of amides is 1. The van der Waals surface area contributed by atoms with Gasteiger partial charge in [-0.25, -0.2) is 0 Å². The van der Waals surface area contributed by atoms with Crippen LogP contribution in [-0.2, 0) is 13.0 Å². The molecule has 0 unspecified atom stereocenters. The topological polar surface area (TPSA) is 46.3 Å². The van der Waals surface area contributed by atoms with E-state index in [2.05, 4.69) is 17.1 Å². The number of pyridine rings is 1. The first-order chi connectivity index (χ1) is 11.3. The van der Waals surface area contributed by atoms with Crippen molar-refractivity contribution in [2.24, 2.45) is 0 Å². The molecule has 0 spiro atoms. The molecular weight excluding hydrogens is 288 g/mol. The minimum Gasteiger partial charge on any atom is -0.472 e. The summed E-state index contributed by atoms with van der Waals surface area (Å²) >= 11 is 0. The molecular formula is C19H18N2O2. The van der Waals surface area contributed by atoms with Crippen molar-refractivity contribution in [2.45, 2.75) is 13.0 Å². The molecule has 0 aliphatic heterocycles. The fraction of sp³-hybridized carbons (Fsp3) is 0.158. The first kappa shape index (κ1) is 15.0. The molecule has 0 aliphatic carbocycles. The Labute approximate surface area is 135 Å². The van der Waals surface area contributed by atoms with Gasteiger partial charge in [0.05, 0.1) is 11.8 Å². The van der Waals surface area contributed by atoms with Crippen molar-refractivity contribution in [3.63, 3.8) is 0 Å². The molecule has 3 aromatic rings. The van der Waals surface area contributed by atoms with Crippen molar-refractivity contribution in [3.05, 3.63) is 90.1 Å². The Bertz CT molecular complexity index is 725. The van der Waals surface area contributed by atoms with Gasteiger partial charge >= 0.3 is 0 Å². The quantitative estimate of drug-likeness (QED) is 0.699. The van der Waals surface area contributed by atoms with Crippen molar-refractivity contribution in [1.29, 1.82) is 0 Å². The van der Waals surface area contributed by atoms with Crippen LogP contribution in [0.3, 0.4) is 0 Å². The lowest BCUT2D eigenvalue weighted by atomic mass is 10.1. The highest BCUT2D eigenvalue weighted by molar-refractivity contribution is 5.93. The van der Waals surface area contributed by atoms with Crippen molar-refractivity contribution in [1.82, 2.24) is 9.88 Å². The van der Waals surface area contributed by atoms with E-state index in [0.717, 1.165) is 12.0 Å². The van der Waals surface area contributed by atoms with E-state index in [4.69, 9.17) is 4.42 Å². The van der Waals surface area contributed by atoms with Gasteiger partial charge in [0.25, 0.3) is 5.91 Å². The van der Waals surface area contributed by atoms with Crippen LogP contribution in [0.1, 0.15) is 21.5 Å². The molecule has 23 heavy (non-hydrogen) atoms. The zero-order chi connectivity index (χ0) is 15.9. The zero-order valence-electron chi connectivity index (χ0n) is 12.8. The fourth-order valence-corrected chi connectivity index (χ4v) is 2.44. The highest BCUT2D eigenvalue weighted by Gasteiger charge is 2.17. The van der Waals surface area contributed by atoms with E-state index < -0.39 is 0 Å². The molecule has 0 aliphatic rings. The summed E-state index contributed by atoms with van der Waals surface area (Å²) < 4.78 is 5.04. The average molecular weight is 306 g/mol. The lowest BCUT2D eigenvalue weighted by Gasteiger charge is -2.22. The molecule has 0 saturated heterocycles. The van der Waals surface area contributed by atoms with E-state index in [9.17, 15) is 4.79 Å². The summed E-state index contributed by atoms with van der Waals surface area (Å²) in [6.45, 7) is 1.20. The van der Waals surface area contributed by atoms with Gasteiger partial charge in [0.15, 0.2) is 0 Å². The molecule has 1 amide bonds. The van der Waals surface area contributed by atoms with Crippen LogP contribution in [0.4, 0.5) is 0 Å². The molecule has 2 heterocycles. The van der Waals surface area contributed by atoms with Gasteiger partial charge < -0.3 is 9.32 Å². The number of benzene rings is 1. The molecule has 4 nitrogen and oxygen atoms in total. The Kier molecular flexibility index (Phi) is 4.84. The van der Waals surface area contributed by atoms with Gasteiger partial charge in [0, 0.05) is 25.5 Å². The van der Waals surface area contributed by atoms with E-state index in [-0.39, 0.29) is 5.91 Å². The summed E-state index contributed by atoms with van der Waals surface area (Å²) in [5.74, 6) is -0.0218. The van der Waals surface area contributed by atoms with Crippen molar-refractivity contribution < 1.29 is 9.21 Å². The first-order valence-electron chi connectivity index (χ1n) is 7.57. The van der Waals surface area contributed by atoms with Gasteiger partial charge in [-0.2, -0.15) is 0 Å². The zero-order valence-corrected chi connectivity index (χ0v) is 12.8. The standard InChI is InChI=1S/C19H18N2O2/c22-19(18-9-13-23-15-18)21(14-17-6-10-20-11-7-17)12-8-16-4-2-1-3-5-16/h1-7,9-11,13,15H,8,12,14H2. The molecule has 0 saturated carbocycles. The van der Waals surface area contributed by atoms with Gasteiger partial charge in [0.1, 0.15) is 6.26 Å². The fourth-order valence-electron chi connectivity index (χ4n) is 2.44. The Hall–Kier alpha value is -2.88. The number of carbonyl (C=O) groups excluding carboxylic acids is 1. The van der Waals surface area contributed by atoms with Crippen LogP contribution in [0.5, 0.6) is 0 Å². The summed E-state index contributed by atoms with van der Waals surface area (Å²) in [6.07, 6.45) is 7.31. The largest absolute Gasteiger partial charge is 0.472 e. The molecule has 0 radical (unpaired) electrons. The van der Waals surface area contributed by atoms with Gasteiger partial charge in [-0.15, -0.1) is 0 Å². The first-order valence-corrected chi connectivity index (χ1v) is 7.57. The number of hydrogen-bond donors (Lipinski definition) is 0. The summed E-state index contributed by atoms with van der Waals surface area (Å²) in [5, 5.41) is 0. The van der Waals surface area contributed by atoms with Gasteiger partial charge in [-0.3, -0.25) is 9.78 Å². The number of hydrogen-bond acceptors (Lipinski definition) is 3. The molecule has 3 rings (SSSR count). The van der Waals surface area contributed by atoms with Gasteiger partial charge in [0.2, 0.25) is 0 Å². The van der Waals surface area contributed by atoms with E-state index >= 15 is 0 Å². The van der Waals surface area contributed by atoms with Crippen LogP contribution in [0.15, 0.2) is 77.9 Å². The molecule has 0 atom stereocenters. The average Bonchev–Trinajstić information content (AvgIpc) is 3.14. The van der Waals surface area contributed by atoms with Gasteiger partial charge in [-0.05, 0) is 35.7 Å².